The Balaban J connectivity index is 0.000000516. The van der Waals surface area contributed by atoms with Gasteiger partial charge in [-0.15, -0.1) is 0 Å². The number of carboxylic acid groups (broad SMARTS) is 2. The predicted octanol–water partition coefficient (Wildman–Crippen LogP) is 3.73. The van der Waals surface area contributed by atoms with Crippen LogP contribution in [-0.4, -0.2) is 54.1 Å². The molecule has 7 nitrogen and oxygen atoms in total. The molecular weight excluding hydrogens is 360 g/mol. The molecule has 2 aliphatic carbocycles. The molecule has 28 heavy (non-hydrogen) atoms. The Morgan fingerprint density at radius 2 is 1.86 bits per heavy atom. The molecule has 7 heteroatoms. The minimum Gasteiger partial charge on any atom is -0.493 e. The van der Waals surface area contributed by atoms with Crippen molar-refractivity contribution in [3.05, 3.63) is 23.8 Å². The smallest absolute Gasteiger partial charge is 0.493 e. The highest BCUT2D eigenvalue weighted by Gasteiger charge is 2.40. The molecule has 4 rings (SSSR count). The van der Waals surface area contributed by atoms with Crippen LogP contribution in [0.25, 0.3) is 0 Å². The summed E-state index contributed by atoms with van der Waals surface area (Å²) in [6.07, 6.45) is 5.19. The third kappa shape index (κ3) is 5.08. The third-order valence-corrected chi connectivity index (χ3v) is 5.82. The summed E-state index contributed by atoms with van der Waals surface area (Å²) in [6.45, 7) is 2.82. The zero-order chi connectivity index (χ0) is 20.1. The standard InChI is InChI=1S/C20H26N2O2.CH2O3/c1-23-18-7-4-16(12-19(18)24-13-15-2-3-15)20(14-21)8-10-22(11-9-20)17-5-6-17;2-1(3)4/h4,7,12,15,17H,2-3,5-6,8-11,13H2,1H3;(H2,2,3,4). The van der Waals surface area contributed by atoms with Gasteiger partial charge >= 0.3 is 6.16 Å². The van der Waals surface area contributed by atoms with E-state index in [0.717, 1.165) is 55.6 Å². The zero-order valence-corrected chi connectivity index (χ0v) is 16.3. The minimum absolute atomic E-state index is 0.380. The van der Waals surface area contributed by atoms with Crippen molar-refractivity contribution in [2.45, 2.75) is 50.0 Å². The Labute approximate surface area is 165 Å². The second-order valence-corrected chi connectivity index (χ2v) is 7.86. The molecule has 0 aromatic heterocycles. The molecule has 152 valence electrons. The molecule has 0 radical (unpaired) electrons. The molecule has 1 aromatic rings. The van der Waals surface area contributed by atoms with Gasteiger partial charge in [0.1, 0.15) is 0 Å². The quantitative estimate of drug-likeness (QED) is 0.765. The Hall–Kier alpha value is -2.46. The molecule has 0 unspecified atom stereocenters. The summed E-state index contributed by atoms with van der Waals surface area (Å²) < 4.78 is 11.4. The van der Waals surface area contributed by atoms with Gasteiger partial charge in [0, 0.05) is 19.1 Å². The van der Waals surface area contributed by atoms with Gasteiger partial charge in [-0.25, -0.2) is 4.79 Å². The molecule has 1 saturated heterocycles. The first-order valence-electron chi connectivity index (χ1n) is 9.86. The van der Waals surface area contributed by atoms with Gasteiger partial charge in [-0.3, -0.25) is 0 Å². The van der Waals surface area contributed by atoms with Gasteiger partial charge in [0.05, 0.1) is 25.2 Å². The van der Waals surface area contributed by atoms with Crippen molar-refractivity contribution in [1.29, 1.82) is 5.26 Å². The molecule has 1 aliphatic heterocycles. The Morgan fingerprint density at radius 3 is 2.36 bits per heavy atom. The van der Waals surface area contributed by atoms with Crippen LogP contribution in [-0.2, 0) is 5.41 Å². The summed E-state index contributed by atoms with van der Waals surface area (Å²) in [4.78, 5) is 11.1. The van der Waals surface area contributed by atoms with E-state index in [2.05, 4.69) is 23.1 Å². The number of hydrogen-bond acceptors (Lipinski definition) is 5. The van der Waals surface area contributed by atoms with Gasteiger partial charge in [-0.2, -0.15) is 5.26 Å². The van der Waals surface area contributed by atoms with Gasteiger partial charge in [-0.1, -0.05) is 6.07 Å². The zero-order valence-electron chi connectivity index (χ0n) is 16.3. The van der Waals surface area contributed by atoms with Gasteiger partial charge in [0.25, 0.3) is 0 Å². The lowest BCUT2D eigenvalue weighted by atomic mass is 9.74. The molecule has 3 aliphatic rings. The van der Waals surface area contributed by atoms with Gasteiger partial charge in [0.15, 0.2) is 11.5 Å². The van der Waals surface area contributed by atoms with E-state index in [-0.39, 0.29) is 5.41 Å². The summed E-state index contributed by atoms with van der Waals surface area (Å²) in [5.74, 6) is 2.26. The van der Waals surface area contributed by atoms with E-state index < -0.39 is 6.16 Å². The largest absolute Gasteiger partial charge is 0.503 e. The molecular formula is C21H28N2O5. The molecule has 0 spiro atoms. The van der Waals surface area contributed by atoms with Gasteiger partial charge < -0.3 is 24.6 Å². The van der Waals surface area contributed by atoms with Crippen molar-refractivity contribution in [2.24, 2.45) is 5.92 Å². The molecule has 2 saturated carbocycles. The second kappa shape index (κ2) is 8.70. The fourth-order valence-electron chi connectivity index (χ4n) is 3.75. The van der Waals surface area contributed by atoms with E-state index in [0.29, 0.717) is 5.92 Å². The van der Waals surface area contributed by atoms with E-state index in [9.17, 15) is 5.26 Å². The highest BCUT2D eigenvalue weighted by atomic mass is 16.6. The molecule has 0 atom stereocenters. The number of carbonyl (C=O) groups is 1. The SMILES string of the molecule is COc1ccc(C2(C#N)CCN(C3CC3)CC2)cc1OCC1CC1.O=C(O)O. The monoisotopic (exact) mass is 388 g/mol. The third-order valence-electron chi connectivity index (χ3n) is 5.82. The van der Waals surface area contributed by atoms with Crippen molar-refractivity contribution in [3.8, 4) is 17.6 Å². The fourth-order valence-corrected chi connectivity index (χ4v) is 3.75. The van der Waals surface area contributed by atoms with E-state index in [1.807, 2.05) is 6.07 Å². The van der Waals surface area contributed by atoms with Crippen LogP contribution in [0.2, 0.25) is 0 Å². The molecule has 1 aromatic carbocycles. The number of ether oxygens (including phenoxy) is 2. The van der Waals surface area contributed by atoms with Crippen molar-refractivity contribution in [2.75, 3.05) is 26.8 Å². The van der Waals surface area contributed by atoms with Crippen molar-refractivity contribution >= 4 is 6.16 Å². The first kappa shape index (κ1) is 20.3. The number of benzene rings is 1. The first-order valence-corrected chi connectivity index (χ1v) is 9.86. The van der Waals surface area contributed by atoms with Crippen molar-refractivity contribution in [1.82, 2.24) is 4.90 Å². The van der Waals surface area contributed by atoms with E-state index >= 15 is 0 Å². The average Bonchev–Trinajstić information content (AvgIpc) is 3.59. The number of piperidine rings is 1. The van der Waals surface area contributed by atoms with Crippen LogP contribution in [0, 0.1) is 17.2 Å². The summed E-state index contributed by atoms with van der Waals surface area (Å²) in [5, 5.41) is 23.9. The summed E-state index contributed by atoms with van der Waals surface area (Å²) in [7, 11) is 1.67. The lowest BCUT2D eigenvalue weighted by molar-refractivity contribution is 0.137. The highest BCUT2D eigenvalue weighted by Crippen LogP contribution is 2.42. The van der Waals surface area contributed by atoms with Crippen LogP contribution in [0.1, 0.15) is 44.1 Å². The predicted molar refractivity (Wildman–Crippen MR) is 103 cm³/mol. The first-order chi connectivity index (χ1) is 13.5. The lowest BCUT2D eigenvalue weighted by Crippen LogP contribution is -2.42. The van der Waals surface area contributed by atoms with Crippen LogP contribution in [0.4, 0.5) is 4.79 Å². The number of nitrogens with zero attached hydrogens (tertiary/aromatic N) is 2. The summed E-state index contributed by atoms with van der Waals surface area (Å²) >= 11 is 0. The van der Waals surface area contributed by atoms with Crippen LogP contribution >= 0.6 is 0 Å². The molecule has 2 N–H and O–H groups in total. The Kier molecular flexibility index (Phi) is 6.30. The minimum atomic E-state index is -1.83. The van der Waals surface area contributed by atoms with Crippen LogP contribution in [0.15, 0.2) is 18.2 Å². The fraction of sp³-hybridized carbons (Fsp3) is 0.619. The van der Waals surface area contributed by atoms with Gasteiger partial charge in [-0.05, 0) is 62.1 Å². The Bertz CT molecular complexity index is 725. The number of methoxy groups -OCH3 is 1. The van der Waals surface area contributed by atoms with Crippen LogP contribution in [0.3, 0.4) is 0 Å². The van der Waals surface area contributed by atoms with Crippen molar-refractivity contribution < 1.29 is 24.5 Å². The maximum Gasteiger partial charge on any atom is 0.503 e. The summed E-state index contributed by atoms with van der Waals surface area (Å²) in [6, 6.07) is 9.49. The van der Waals surface area contributed by atoms with Crippen LogP contribution in [0.5, 0.6) is 11.5 Å². The molecule has 1 heterocycles. The number of rotatable bonds is 6. The van der Waals surface area contributed by atoms with E-state index in [1.54, 1.807) is 7.11 Å². The molecule has 3 fully saturated rings. The van der Waals surface area contributed by atoms with Crippen molar-refractivity contribution in [3.63, 3.8) is 0 Å². The van der Waals surface area contributed by atoms with E-state index in [4.69, 9.17) is 24.5 Å². The maximum absolute atomic E-state index is 9.94. The maximum atomic E-state index is 9.94. The number of nitriles is 1. The van der Waals surface area contributed by atoms with Gasteiger partial charge in [0.2, 0.25) is 0 Å². The summed E-state index contributed by atoms with van der Waals surface area (Å²) in [5.41, 5.74) is 0.710. The molecule has 0 bridgehead atoms. The number of hydrogen-bond donors (Lipinski definition) is 2. The lowest BCUT2D eigenvalue weighted by Gasteiger charge is -2.38. The van der Waals surface area contributed by atoms with E-state index in [1.165, 1.54) is 25.7 Å². The van der Waals surface area contributed by atoms with Crippen LogP contribution < -0.4 is 9.47 Å². The number of likely N-dealkylation sites (tertiary alicyclic amines) is 1. The molecule has 0 amide bonds. The Morgan fingerprint density at radius 1 is 1.21 bits per heavy atom. The normalized spacial score (nSPS) is 21.0. The second-order valence-electron chi connectivity index (χ2n) is 7.86. The highest BCUT2D eigenvalue weighted by molar-refractivity contribution is 5.53. The average molecular weight is 388 g/mol. The topological polar surface area (TPSA) is 103 Å².